The van der Waals surface area contributed by atoms with Gasteiger partial charge in [-0.1, -0.05) is 6.92 Å². The van der Waals surface area contributed by atoms with Crippen molar-refractivity contribution in [2.45, 2.75) is 37.6 Å². The van der Waals surface area contributed by atoms with Crippen molar-refractivity contribution in [2.24, 2.45) is 0 Å². The number of fused-ring (bicyclic) bond motifs is 1. The van der Waals surface area contributed by atoms with Crippen LogP contribution in [-0.2, 0) is 16.6 Å². The highest BCUT2D eigenvalue weighted by atomic mass is 32.2. The molecule has 1 aliphatic heterocycles. The molecule has 1 aliphatic rings. The number of hydrogen-bond donors (Lipinski definition) is 2. The third-order valence-electron chi connectivity index (χ3n) is 5.40. The van der Waals surface area contributed by atoms with Gasteiger partial charge in [-0.15, -0.1) is 0 Å². The quantitative estimate of drug-likeness (QED) is 0.503. The molecule has 0 spiro atoms. The van der Waals surface area contributed by atoms with Gasteiger partial charge in [-0.3, -0.25) is 4.79 Å². The Morgan fingerprint density at radius 2 is 1.84 bits per heavy atom. The summed E-state index contributed by atoms with van der Waals surface area (Å²) in [6.07, 6.45) is 5.96. The summed E-state index contributed by atoms with van der Waals surface area (Å²) < 4.78 is 28.4. The Morgan fingerprint density at radius 3 is 2.56 bits per heavy atom. The van der Waals surface area contributed by atoms with Crippen LogP contribution in [0.2, 0.25) is 0 Å². The summed E-state index contributed by atoms with van der Waals surface area (Å²) in [5.41, 5.74) is 1.10. The highest BCUT2D eigenvalue weighted by molar-refractivity contribution is 7.89. The van der Waals surface area contributed by atoms with Crippen molar-refractivity contribution in [3.8, 4) is 0 Å². The highest BCUT2D eigenvalue weighted by Crippen LogP contribution is 2.21. The molecule has 0 saturated carbocycles. The molecular formula is C21H27N7O3S. The number of aromatic nitrogens is 4. The summed E-state index contributed by atoms with van der Waals surface area (Å²) in [7, 11) is -3.49. The molecule has 3 aromatic rings. The van der Waals surface area contributed by atoms with Crippen molar-refractivity contribution in [3.63, 3.8) is 0 Å². The molecule has 11 heteroatoms. The van der Waals surface area contributed by atoms with E-state index in [9.17, 15) is 13.2 Å². The topological polar surface area (TPSA) is 122 Å². The average molecular weight is 458 g/mol. The van der Waals surface area contributed by atoms with Crippen molar-refractivity contribution in [1.29, 1.82) is 0 Å². The monoisotopic (exact) mass is 457 g/mol. The highest BCUT2D eigenvalue weighted by Gasteiger charge is 2.27. The van der Waals surface area contributed by atoms with Gasteiger partial charge in [0.25, 0.3) is 5.91 Å². The molecule has 1 fully saturated rings. The van der Waals surface area contributed by atoms with Crippen molar-refractivity contribution in [1.82, 2.24) is 29.4 Å². The lowest BCUT2D eigenvalue weighted by molar-refractivity contribution is 0.0952. The average Bonchev–Trinajstić information content (AvgIpc) is 3.49. The number of nitrogens with zero attached hydrogens (tertiary/aromatic N) is 5. The number of anilines is 1. The second-order valence-electron chi connectivity index (χ2n) is 7.65. The van der Waals surface area contributed by atoms with Crippen LogP contribution in [0.25, 0.3) is 11.0 Å². The Morgan fingerprint density at radius 1 is 1.09 bits per heavy atom. The fourth-order valence-electron chi connectivity index (χ4n) is 3.67. The van der Waals surface area contributed by atoms with E-state index in [0.717, 1.165) is 37.0 Å². The maximum atomic E-state index is 12.6. The first-order chi connectivity index (χ1) is 15.5. The minimum Gasteiger partial charge on any atom is -0.369 e. The summed E-state index contributed by atoms with van der Waals surface area (Å²) in [4.78, 5) is 21.3. The smallest absolute Gasteiger partial charge is 0.251 e. The third-order valence-corrected chi connectivity index (χ3v) is 7.32. The number of benzene rings is 1. The molecule has 0 atom stereocenters. The molecule has 0 unspecified atom stereocenters. The summed E-state index contributed by atoms with van der Waals surface area (Å²) in [6, 6.07) is 6.07. The second kappa shape index (κ2) is 9.61. The van der Waals surface area contributed by atoms with Crippen molar-refractivity contribution in [2.75, 3.05) is 31.5 Å². The standard InChI is InChI=1S/C21H27N7O3S/c1-2-9-22-19-18-14-26-28(20(18)25-15-24-19)13-10-23-21(29)16-5-7-17(8-6-16)32(30,31)27-11-3-4-12-27/h5-8,14-15H,2-4,9-13H2,1H3,(H,23,29)(H,22,24,25). The molecule has 170 valence electrons. The number of amides is 1. The lowest BCUT2D eigenvalue weighted by Gasteiger charge is -2.15. The Balaban J connectivity index is 1.36. The number of carbonyl (C=O) groups is 1. The van der Waals surface area contributed by atoms with Crippen molar-refractivity contribution in [3.05, 3.63) is 42.4 Å². The van der Waals surface area contributed by atoms with E-state index in [-0.39, 0.29) is 10.8 Å². The van der Waals surface area contributed by atoms with E-state index in [4.69, 9.17) is 0 Å². The predicted molar refractivity (Wildman–Crippen MR) is 121 cm³/mol. The Bertz CT molecular complexity index is 1190. The summed E-state index contributed by atoms with van der Waals surface area (Å²) >= 11 is 0. The molecular weight excluding hydrogens is 430 g/mol. The summed E-state index contributed by atoms with van der Waals surface area (Å²) in [6.45, 7) is 4.79. The molecule has 0 radical (unpaired) electrons. The van der Waals surface area contributed by atoms with Crippen LogP contribution < -0.4 is 10.6 Å². The predicted octanol–water partition coefficient (Wildman–Crippen LogP) is 1.86. The first-order valence-electron chi connectivity index (χ1n) is 10.8. The van der Waals surface area contributed by atoms with Gasteiger partial charge < -0.3 is 10.6 Å². The molecule has 1 amide bonds. The number of carbonyl (C=O) groups excluding carboxylic acids is 1. The normalized spacial score (nSPS) is 14.7. The summed E-state index contributed by atoms with van der Waals surface area (Å²) in [5, 5.41) is 11.3. The molecule has 1 aromatic carbocycles. The van der Waals surface area contributed by atoms with E-state index in [1.807, 2.05) is 0 Å². The van der Waals surface area contributed by atoms with Crippen LogP contribution in [0.4, 0.5) is 5.82 Å². The van der Waals surface area contributed by atoms with Gasteiger partial charge in [0, 0.05) is 31.7 Å². The fraction of sp³-hybridized carbons (Fsp3) is 0.429. The zero-order valence-corrected chi connectivity index (χ0v) is 18.8. The number of nitrogens with one attached hydrogen (secondary N) is 2. The van der Waals surface area contributed by atoms with Crippen LogP contribution in [-0.4, -0.2) is 64.6 Å². The lowest BCUT2D eigenvalue weighted by Crippen LogP contribution is -2.29. The maximum Gasteiger partial charge on any atom is 0.251 e. The van der Waals surface area contributed by atoms with Crippen LogP contribution in [0.5, 0.6) is 0 Å². The molecule has 1 saturated heterocycles. The van der Waals surface area contributed by atoms with Gasteiger partial charge in [0.15, 0.2) is 5.65 Å². The minimum atomic E-state index is -3.49. The first-order valence-corrected chi connectivity index (χ1v) is 12.2. The fourth-order valence-corrected chi connectivity index (χ4v) is 5.19. The van der Waals surface area contributed by atoms with Crippen LogP contribution in [0.1, 0.15) is 36.5 Å². The van der Waals surface area contributed by atoms with E-state index < -0.39 is 10.0 Å². The Hall–Kier alpha value is -3.05. The van der Waals surface area contributed by atoms with Gasteiger partial charge in [0.2, 0.25) is 10.0 Å². The number of hydrogen-bond acceptors (Lipinski definition) is 7. The van der Waals surface area contributed by atoms with Gasteiger partial charge in [-0.05, 0) is 43.5 Å². The van der Waals surface area contributed by atoms with Crippen LogP contribution in [0, 0.1) is 0 Å². The van der Waals surface area contributed by atoms with E-state index in [0.29, 0.717) is 37.4 Å². The first kappa shape index (κ1) is 22.2. The van der Waals surface area contributed by atoms with E-state index >= 15 is 0 Å². The molecule has 3 heterocycles. The summed E-state index contributed by atoms with van der Waals surface area (Å²) in [5.74, 6) is 0.475. The molecule has 4 rings (SSSR count). The molecule has 0 bridgehead atoms. The largest absolute Gasteiger partial charge is 0.369 e. The molecule has 0 aliphatic carbocycles. The van der Waals surface area contributed by atoms with Gasteiger partial charge >= 0.3 is 0 Å². The maximum absolute atomic E-state index is 12.6. The van der Waals surface area contributed by atoms with E-state index in [1.165, 1.54) is 22.8 Å². The second-order valence-corrected chi connectivity index (χ2v) is 9.58. The molecule has 2 aromatic heterocycles. The van der Waals surface area contributed by atoms with E-state index in [2.05, 4.69) is 32.6 Å². The van der Waals surface area contributed by atoms with Crippen LogP contribution >= 0.6 is 0 Å². The van der Waals surface area contributed by atoms with Gasteiger partial charge in [-0.2, -0.15) is 9.40 Å². The molecule has 2 N–H and O–H groups in total. The lowest BCUT2D eigenvalue weighted by atomic mass is 10.2. The Labute approximate surface area is 187 Å². The van der Waals surface area contributed by atoms with Gasteiger partial charge in [-0.25, -0.2) is 23.1 Å². The molecule has 32 heavy (non-hydrogen) atoms. The van der Waals surface area contributed by atoms with Crippen molar-refractivity contribution < 1.29 is 13.2 Å². The molecule has 10 nitrogen and oxygen atoms in total. The SMILES string of the molecule is CCCNc1ncnc2c1cnn2CCNC(=O)c1ccc(S(=O)(=O)N2CCCC2)cc1. The third kappa shape index (κ3) is 4.58. The Kier molecular flexibility index (Phi) is 6.66. The van der Waals surface area contributed by atoms with Crippen LogP contribution in [0.3, 0.4) is 0 Å². The van der Waals surface area contributed by atoms with E-state index in [1.54, 1.807) is 23.0 Å². The zero-order chi connectivity index (χ0) is 22.6. The number of rotatable bonds is 9. The van der Waals surface area contributed by atoms with Gasteiger partial charge in [0.1, 0.15) is 12.1 Å². The zero-order valence-electron chi connectivity index (χ0n) is 18.0. The van der Waals surface area contributed by atoms with Gasteiger partial charge in [0.05, 0.1) is 23.0 Å². The minimum absolute atomic E-state index is 0.214. The number of sulfonamides is 1. The van der Waals surface area contributed by atoms with Crippen LogP contribution in [0.15, 0.2) is 41.7 Å². The van der Waals surface area contributed by atoms with Crippen molar-refractivity contribution >= 4 is 32.8 Å².